The molecule has 3 amide bonds. The molecule has 7 unspecified atom stereocenters. The van der Waals surface area contributed by atoms with E-state index in [0.29, 0.717) is 27.9 Å². The number of nitrogens with one attached hydrogen (secondary N) is 2. The third kappa shape index (κ3) is 4.65. The fourth-order valence-electron chi connectivity index (χ4n) is 7.62. The molecule has 2 aliphatic carbocycles. The number of H-pyrrole nitrogens is 1. The summed E-state index contributed by atoms with van der Waals surface area (Å²) in [5, 5.41) is 13.7. The summed E-state index contributed by atoms with van der Waals surface area (Å²) in [5.74, 6) is -3.69. The predicted octanol–water partition coefficient (Wildman–Crippen LogP) is 4.71. The van der Waals surface area contributed by atoms with Crippen molar-refractivity contribution in [3.63, 3.8) is 0 Å². The number of rotatable bonds is 7. The van der Waals surface area contributed by atoms with E-state index in [9.17, 15) is 29.1 Å². The summed E-state index contributed by atoms with van der Waals surface area (Å²) in [6.07, 6.45) is 0.686. The SMILES string of the molecule is CC(C(=O)O)N1C(=O)C2C3CC(C2C1=O)C1C3Sc2[nH]c(=O)sc2[C@@H]1c1cccc(OCC(=O)Nc2ccc(Cl)c(Cl)c2)c1. The number of hydrogen-bond acceptors (Lipinski definition) is 8. The third-order valence-corrected chi connectivity index (χ3v) is 12.6. The highest BCUT2D eigenvalue weighted by molar-refractivity contribution is 8.00. The van der Waals surface area contributed by atoms with E-state index >= 15 is 0 Å². The standard InChI is InChI=1S/C30H25Cl2N3O7S2/c1-11(29(39)40)35-27(37)22-15-9-16(23(22)28(35)38)24-21(15)20(25-26(43-24)34-30(41)44-25)12-3-2-4-14(7-12)42-10-19(36)33-13-5-6-17(31)18(32)8-13/h2-8,11,15-16,20-24H,9-10H2,1H3,(H,33,36)(H,34,41)(H,39,40)/t11?,15?,16?,20-,21?,22?,23?,24?/m1/s1. The maximum atomic E-state index is 13.6. The van der Waals surface area contributed by atoms with Crippen molar-refractivity contribution in [3.8, 4) is 5.75 Å². The number of benzene rings is 2. The van der Waals surface area contributed by atoms with Gasteiger partial charge in [0.05, 0.1) is 26.9 Å². The topological polar surface area (TPSA) is 146 Å². The number of fused-ring (bicyclic) bond motifs is 9. The lowest BCUT2D eigenvalue weighted by atomic mass is 9.68. The van der Waals surface area contributed by atoms with Crippen molar-refractivity contribution in [2.75, 3.05) is 11.9 Å². The molecular weight excluding hydrogens is 649 g/mol. The highest BCUT2D eigenvalue weighted by atomic mass is 35.5. The average molecular weight is 675 g/mol. The smallest absolute Gasteiger partial charge is 0.326 e. The van der Waals surface area contributed by atoms with Gasteiger partial charge in [0.25, 0.3) is 5.91 Å². The molecule has 8 atom stereocenters. The van der Waals surface area contributed by atoms with Crippen LogP contribution in [0, 0.1) is 29.6 Å². The molecule has 4 aliphatic rings. The number of hydrogen-bond donors (Lipinski definition) is 3. The van der Waals surface area contributed by atoms with Crippen LogP contribution in [-0.4, -0.2) is 56.6 Å². The third-order valence-electron chi connectivity index (χ3n) is 9.29. The molecule has 0 radical (unpaired) electrons. The Morgan fingerprint density at radius 3 is 2.57 bits per heavy atom. The van der Waals surface area contributed by atoms with Gasteiger partial charge in [-0.3, -0.25) is 24.1 Å². The Bertz CT molecular complexity index is 1790. The van der Waals surface area contributed by atoms with Crippen LogP contribution in [-0.2, 0) is 19.2 Å². The summed E-state index contributed by atoms with van der Waals surface area (Å²) in [7, 11) is 0. The Labute approximate surface area is 269 Å². The minimum atomic E-state index is -1.23. The summed E-state index contributed by atoms with van der Waals surface area (Å²) in [5.41, 5.74) is 1.35. The molecule has 2 aliphatic heterocycles. The number of carboxylic acids is 1. The molecule has 44 heavy (non-hydrogen) atoms. The van der Waals surface area contributed by atoms with Crippen LogP contribution in [0.25, 0.3) is 0 Å². The fourth-order valence-corrected chi connectivity index (χ4v) is 10.8. The van der Waals surface area contributed by atoms with E-state index in [1.54, 1.807) is 36.0 Å². The quantitative estimate of drug-likeness (QED) is 0.306. The van der Waals surface area contributed by atoms with E-state index in [-0.39, 0.29) is 40.4 Å². The van der Waals surface area contributed by atoms with Crippen molar-refractivity contribution in [2.45, 2.75) is 35.6 Å². The van der Waals surface area contributed by atoms with Gasteiger partial charge < -0.3 is 20.1 Å². The van der Waals surface area contributed by atoms with Gasteiger partial charge >= 0.3 is 10.8 Å². The Kier molecular flexibility index (Phi) is 7.31. The molecule has 10 nitrogen and oxygen atoms in total. The monoisotopic (exact) mass is 673 g/mol. The van der Waals surface area contributed by atoms with Gasteiger partial charge in [-0.15, -0.1) is 11.8 Å². The largest absolute Gasteiger partial charge is 0.484 e. The van der Waals surface area contributed by atoms with Gasteiger partial charge in [0.1, 0.15) is 11.8 Å². The van der Waals surface area contributed by atoms with Gasteiger partial charge in [0.2, 0.25) is 11.8 Å². The van der Waals surface area contributed by atoms with Gasteiger partial charge in [0.15, 0.2) is 6.61 Å². The number of ether oxygens (including phenoxy) is 1. The molecule has 3 aromatic rings. The zero-order valence-corrected chi connectivity index (χ0v) is 26.1. The summed E-state index contributed by atoms with van der Waals surface area (Å²) in [6.45, 7) is 1.10. The average Bonchev–Trinajstić information content (AvgIpc) is 3.72. The summed E-state index contributed by atoms with van der Waals surface area (Å²) >= 11 is 14.7. The molecule has 3 N–H and O–H groups in total. The number of halogens is 2. The van der Waals surface area contributed by atoms with E-state index in [1.807, 2.05) is 18.2 Å². The Hall–Kier alpha value is -3.32. The number of nitrogens with zero attached hydrogens (tertiary/aromatic N) is 1. The second-order valence-corrected chi connectivity index (χ2v) is 14.6. The highest BCUT2D eigenvalue weighted by Gasteiger charge is 2.70. The van der Waals surface area contributed by atoms with Crippen molar-refractivity contribution in [2.24, 2.45) is 29.6 Å². The molecule has 0 spiro atoms. The fraction of sp³-hybridized carbons (Fsp3) is 0.367. The number of aliphatic carboxylic acids is 1. The molecule has 228 valence electrons. The van der Waals surface area contributed by atoms with Crippen LogP contribution in [0.5, 0.6) is 5.75 Å². The van der Waals surface area contributed by atoms with Crippen LogP contribution in [0.1, 0.15) is 29.7 Å². The number of aromatic amines is 1. The molecule has 14 heteroatoms. The van der Waals surface area contributed by atoms with Crippen LogP contribution in [0.2, 0.25) is 10.0 Å². The Balaban J connectivity index is 1.16. The lowest BCUT2D eigenvalue weighted by Gasteiger charge is -2.43. The van der Waals surface area contributed by atoms with Crippen molar-refractivity contribution < 1.29 is 29.0 Å². The molecule has 7 rings (SSSR count). The van der Waals surface area contributed by atoms with E-state index in [2.05, 4.69) is 10.3 Å². The van der Waals surface area contributed by atoms with Crippen LogP contribution < -0.4 is 14.9 Å². The number of thiazole rings is 1. The predicted molar refractivity (Wildman–Crippen MR) is 164 cm³/mol. The van der Waals surface area contributed by atoms with Gasteiger partial charge in [-0.25, -0.2) is 4.79 Å². The van der Waals surface area contributed by atoms with Crippen molar-refractivity contribution in [1.29, 1.82) is 0 Å². The van der Waals surface area contributed by atoms with E-state index < -0.39 is 41.6 Å². The zero-order chi connectivity index (χ0) is 31.0. The number of carbonyl (C=O) groups excluding carboxylic acids is 3. The summed E-state index contributed by atoms with van der Waals surface area (Å²) in [4.78, 5) is 68.5. The first-order valence-electron chi connectivity index (χ1n) is 14.0. The van der Waals surface area contributed by atoms with Gasteiger partial charge in [-0.1, -0.05) is 46.7 Å². The normalized spacial score (nSPS) is 28.8. The Morgan fingerprint density at radius 2 is 1.84 bits per heavy atom. The maximum Gasteiger partial charge on any atom is 0.326 e. The van der Waals surface area contributed by atoms with Crippen molar-refractivity contribution in [3.05, 3.63) is 72.6 Å². The number of anilines is 1. The second kappa shape index (κ2) is 10.9. The lowest BCUT2D eigenvalue weighted by Crippen LogP contribution is -2.44. The summed E-state index contributed by atoms with van der Waals surface area (Å²) in [6, 6.07) is 10.9. The van der Waals surface area contributed by atoms with Crippen molar-refractivity contribution >= 4 is 75.7 Å². The lowest BCUT2D eigenvalue weighted by molar-refractivity contribution is -0.154. The second-order valence-electron chi connectivity index (χ2n) is 11.6. The van der Waals surface area contributed by atoms with Gasteiger partial charge in [-0.05, 0) is 67.0 Å². The van der Waals surface area contributed by atoms with Crippen LogP contribution in [0.15, 0.2) is 52.3 Å². The first kappa shape index (κ1) is 29.4. The van der Waals surface area contributed by atoms with E-state index in [1.165, 1.54) is 6.92 Å². The minimum Gasteiger partial charge on any atom is -0.484 e. The van der Waals surface area contributed by atoms with Crippen LogP contribution >= 0.6 is 46.3 Å². The minimum absolute atomic E-state index is 0.0395. The molecule has 2 aromatic carbocycles. The van der Waals surface area contributed by atoms with Crippen LogP contribution in [0.4, 0.5) is 5.69 Å². The summed E-state index contributed by atoms with van der Waals surface area (Å²) < 4.78 is 5.85. The van der Waals surface area contributed by atoms with Crippen molar-refractivity contribution in [1.82, 2.24) is 9.88 Å². The number of aromatic nitrogens is 1. The number of thioether (sulfide) groups is 1. The number of amides is 3. The number of carbonyl (C=O) groups is 4. The van der Waals surface area contributed by atoms with E-state index in [4.69, 9.17) is 27.9 Å². The van der Waals surface area contributed by atoms with E-state index in [0.717, 1.165) is 31.7 Å². The molecule has 2 saturated carbocycles. The highest BCUT2D eigenvalue weighted by Crippen LogP contribution is 2.68. The zero-order valence-electron chi connectivity index (χ0n) is 23.0. The molecule has 2 bridgehead atoms. The molecule has 1 aromatic heterocycles. The molecule has 3 heterocycles. The maximum absolute atomic E-state index is 13.6. The molecule has 1 saturated heterocycles. The number of carboxylic acid groups (broad SMARTS) is 1. The molecular formula is C30H25Cl2N3O7S2. The first-order valence-corrected chi connectivity index (χ1v) is 16.5. The van der Waals surface area contributed by atoms with Gasteiger partial charge in [0, 0.05) is 21.7 Å². The Morgan fingerprint density at radius 1 is 1.09 bits per heavy atom. The number of imide groups is 1. The van der Waals surface area contributed by atoms with Gasteiger partial charge in [-0.2, -0.15) is 0 Å². The number of likely N-dealkylation sites (tertiary alicyclic amines) is 1. The molecule has 3 fully saturated rings. The van der Waals surface area contributed by atoms with Crippen LogP contribution in [0.3, 0.4) is 0 Å². The first-order chi connectivity index (χ1) is 21.0.